The van der Waals surface area contributed by atoms with E-state index >= 15 is 0 Å². The Kier molecular flexibility index (Phi) is 4.63. The molecule has 124 valence electrons. The van der Waals surface area contributed by atoms with Gasteiger partial charge in [0, 0.05) is 16.8 Å². The molecule has 2 N–H and O–H groups in total. The van der Waals surface area contributed by atoms with Crippen LogP contribution < -0.4 is 10.5 Å². The summed E-state index contributed by atoms with van der Waals surface area (Å²) in [6, 6.07) is 14.0. The molecule has 2 aromatic carbocycles. The monoisotopic (exact) mass is 340 g/mol. The molecule has 1 heterocycles. The molecule has 0 atom stereocenters. The summed E-state index contributed by atoms with van der Waals surface area (Å²) < 4.78 is 5.98. The molecule has 0 unspecified atom stereocenters. The van der Waals surface area contributed by atoms with E-state index in [-0.39, 0.29) is 12.4 Å². The first-order valence-corrected chi connectivity index (χ1v) is 8.16. The van der Waals surface area contributed by atoms with Crippen molar-refractivity contribution in [1.29, 1.82) is 0 Å². The largest absolute Gasteiger partial charge is 0.457 e. The molecule has 0 aliphatic heterocycles. The van der Waals surface area contributed by atoms with Gasteiger partial charge in [0.2, 0.25) is 0 Å². The van der Waals surface area contributed by atoms with Gasteiger partial charge in [0.05, 0.1) is 5.52 Å². The average Bonchev–Trinajstić information content (AvgIpc) is 2.56. The molecule has 0 fully saturated rings. The maximum atomic E-state index is 6.43. The van der Waals surface area contributed by atoms with E-state index in [9.17, 15) is 0 Å². The van der Waals surface area contributed by atoms with Gasteiger partial charge in [0.1, 0.15) is 11.5 Å². The number of nitrogens with zero attached hydrogens (tertiary/aromatic N) is 1. The maximum absolute atomic E-state index is 6.43. The number of ether oxygens (including phenoxy) is 1. The Labute approximate surface area is 148 Å². The van der Waals surface area contributed by atoms with E-state index in [4.69, 9.17) is 15.5 Å². The fraction of sp³-hybridized carbons (Fsp3) is 0.250. The highest BCUT2D eigenvalue weighted by Crippen LogP contribution is 2.34. The van der Waals surface area contributed by atoms with Crippen molar-refractivity contribution in [2.45, 2.75) is 32.6 Å². The summed E-state index contributed by atoms with van der Waals surface area (Å²) in [5, 5.41) is 0.996. The van der Waals surface area contributed by atoms with Crippen molar-refractivity contribution in [3.8, 4) is 11.5 Å². The van der Waals surface area contributed by atoms with Gasteiger partial charge in [-0.25, -0.2) is 0 Å². The molecule has 24 heavy (non-hydrogen) atoms. The van der Waals surface area contributed by atoms with Crippen LogP contribution in [0.5, 0.6) is 11.5 Å². The van der Waals surface area contributed by atoms with E-state index in [2.05, 4.69) is 13.0 Å². The van der Waals surface area contributed by atoms with E-state index in [1.165, 1.54) is 29.7 Å². The van der Waals surface area contributed by atoms with Crippen molar-refractivity contribution in [2.75, 3.05) is 5.73 Å². The zero-order valence-corrected chi connectivity index (χ0v) is 14.5. The van der Waals surface area contributed by atoms with Crippen molar-refractivity contribution in [2.24, 2.45) is 0 Å². The second kappa shape index (κ2) is 6.70. The zero-order valence-electron chi connectivity index (χ0n) is 13.7. The lowest BCUT2D eigenvalue weighted by Gasteiger charge is -2.18. The number of benzene rings is 2. The Hall–Kier alpha value is -2.26. The zero-order chi connectivity index (χ0) is 15.8. The normalized spacial score (nSPS) is 13.2. The predicted molar refractivity (Wildman–Crippen MR) is 101 cm³/mol. The Bertz CT molecular complexity index is 892. The lowest BCUT2D eigenvalue weighted by atomic mass is 9.93. The minimum atomic E-state index is 0. The highest BCUT2D eigenvalue weighted by atomic mass is 35.5. The summed E-state index contributed by atoms with van der Waals surface area (Å²) in [4.78, 5) is 4.80. The highest BCUT2D eigenvalue weighted by Gasteiger charge is 2.16. The molecule has 0 amide bonds. The molecule has 1 aliphatic carbocycles. The van der Waals surface area contributed by atoms with Gasteiger partial charge in [-0.1, -0.05) is 12.1 Å². The molecule has 4 heteroatoms. The Morgan fingerprint density at radius 1 is 1.00 bits per heavy atom. The van der Waals surface area contributed by atoms with E-state index in [0.29, 0.717) is 0 Å². The number of hydrogen-bond donors (Lipinski definition) is 1. The molecule has 0 spiro atoms. The van der Waals surface area contributed by atoms with Gasteiger partial charge in [0.25, 0.3) is 0 Å². The molecule has 0 radical (unpaired) electrons. The molecule has 4 rings (SSSR count). The SMILES string of the molecule is Cc1cccc(Oc2ccc3nc4c(c(N)c3c2)CCCC4)c1.Cl. The number of nitrogens with two attached hydrogens (primary N) is 1. The van der Waals surface area contributed by atoms with Crippen LogP contribution >= 0.6 is 12.4 Å². The standard InChI is InChI=1S/C20H20N2O.ClH/c1-13-5-4-6-14(11-13)23-15-9-10-19-17(12-15)20(21)16-7-2-3-8-18(16)22-19;/h4-6,9-12H,2-3,7-8H2,1H3,(H2,21,22);1H. The molecule has 3 nitrogen and oxygen atoms in total. The molecular weight excluding hydrogens is 320 g/mol. The number of halogens is 1. The number of rotatable bonds is 2. The number of pyridine rings is 1. The van der Waals surface area contributed by atoms with Gasteiger partial charge in [-0.3, -0.25) is 4.98 Å². The first-order chi connectivity index (χ1) is 11.2. The lowest BCUT2D eigenvalue weighted by molar-refractivity contribution is 0.483. The molecule has 0 saturated carbocycles. The molecule has 3 aromatic rings. The van der Waals surface area contributed by atoms with Gasteiger partial charge in [0.15, 0.2) is 0 Å². The molecule has 1 aliphatic rings. The van der Waals surface area contributed by atoms with Crippen molar-refractivity contribution in [3.63, 3.8) is 0 Å². The number of anilines is 1. The molecular formula is C20H21ClN2O. The quantitative estimate of drug-likeness (QED) is 0.695. The highest BCUT2D eigenvalue weighted by molar-refractivity contribution is 5.93. The van der Waals surface area contributed by atoms with Crippen LogP contribution in [0.25, 0.3) is 10.9 Å². The first kappa shape index (κ1) is 16.6. The Morgan fingerprint density at radius 3 is 2.62 bits per heavy atom. The summed E-state index contributed by atoms with van der Waals surface area (Å²) in [6.07, 6.45) is 4.48. The third-order valence-electron chi connectivity index (χ3n) is 4.50. The number of aryl methyl sites for hydroxylation is 2. The van der Waals surface area contributed by atoms with Crippen LogP contribution in [-0.4, -0.2) is 4.98 Å². The average molecular weight is 341 g/mol. The summed E-state index contributed by atoms with van der Waals surface area (Å²) in [7, 11) is 0. The van der Waals surface area contributed by atoms with Crippen LogP contribution in [-0.2, 0) is 12.8 Å². The van der Waals surface area contributed by atoms with Crippen molar-refractivity contribution >= 4 is 29.0 Å². The number of hydrogen-bond acceptors (Lipinski definition) is 3. The third kappa shape index (κ3) is 3.04. The molecule has 1 aromatic heterocycles. The topological polar surface area (TPSA) is 48.1 Å². The van der Waals surface area contributed by atoms with Crippen LogP contribution in [0.4, 0.5) is 5.69 Å². The van der Waals surface area contributed by atoms with Crippen LogP contribution in [0.15, 0.2) is 42.5 Å². The van der Waals surface area contributed by atoms with Gasteiger partial charge in [-0.15, -0.1) is 12.4 Å². The summed E-state index contributed by atoms with van der Waals surface area (Å²) in [5.41, 5.74) is 11.8. The van der Waals surface area contributed by atoms with Crippen molar-refractivity contribution < 1.29 is 4.74 Å². The van der Waals surface area contributed by atoms with E-state index in [1.807, 2.05) is 36.4 Å². The third-order valence-corrected chi connectivity index (χ3v) is 4.50. The van der Waals surface area contributed by atoms with Crippen LogP contribution in [0.2, 0.25) is 0 Å². The molecule has 0 saturated heterocycles. The predicted octanol–water partition coefficient (Wildman–Crippen LogP) is 5.22. The number of aromatic nitrogens is 1. The fourth-order valence-electron chi connectivity index (χ4n) is 3.32. The number of fused-ring (bicyclic) bond motifs is 2. The van der Waals surface area contributed by atoms with E-state index < -0.39 is 0 Å². The second-order valence-corrected chi connectivity index (χ2v) is 6.26. The molecule has 0 bridgehead atoms. The van der Waals surface area contributed by atoms with Gasteiger partial charge in [-0.2, -0.15) is 0 Å². The van der Waals surface area contributed by atoms with E-state index in [0.717, 1.165) is 40.9 Å². The smallest absolute Gasteiger partial charge is 0.128 e. The fourth-order valence-corrected chi connectivity index (χ4v) is 3.32. The Morgan fingerprint density at radius 2 is 1.79 bits per heavy atom. The van der Waals surface area contributed by atoms with Gasteiger partial charge < -0.3 is 10.5 Å². The summed E-state index contributed by atoms with van der Waals surface area (Å²) in [5.74, 6) is 1.64. The maximum Gasteiger partial charge on any atom is 0.128 e. The van der Waals surface area contributed by atoms with Crippen molar-refractivity contribution in [1.82, 2.24) is 4.98 Å². The van der Waals surface area contributed by atoms with Crippen molar-refractivity contribution in [3.05, 3.63) is 59.3 Å². The summed E-state index contributed by atoms with van der Waals surface area (Å²) in [6.45, 7) is 2.06. The number of nitrogen functional groups attached to an aromatic ring is 1. The second-order valence-electron chi connectivity index (χ2n) is 6.26. The van der Waals surface area contributed by atoms with Crippen LogP contribution in [0.3, 0.4) is 0 Å². The van der Waals surface area contributed by atoms with Crippen LogP contribution in [0, 0.1) is 6.92 Å². The minimum absolute atomic E-state index is 0. The van der Waals surface area contributed by atoms with Gasteiger partial charge in [-0.05, 0) is 74.1 Å². The Balaban J connectivity index is 0.00000169. The van der Waals surface area contributed by atoms with Gasteiger partial charge >= 0.3 is 0 Å². The summed E-state index contributed by atoms with van der Waals surface area (Å²) >= 11 is 0. The first-order valence-electron chi connectivity index (χ1n) is 8.16. The minimum Gasteiger partial charge on any atom is -0.457 e. The van der Waals surface area contributed by atoms with E-state index in [1.54, 1.807) is 0 Å². The lowest BCUT2D eigenvalue weighted by Crippen LogP contribution is -2.09. The van der Waals surface area contributed by atoms with Crippen LogP contribution in [0.1, 0.15) is 29.7 Å².